The van der Waals surface area contributed by atoms with E-state index < -0.39 is 0 Å². The Morgan fingerprint density at radius 1 is 1.09 bits per heavy atom. The number of rotatable bonds is 6. The van der Waals surface area contributed by atoms with Crippen LogP contribution in [0.4, 0.5) is 0 Å². The number of benzene rings is 2. The third kappa shape index (κ3) is 4.25. The number of carbonyl (C=O) groups is 1. The molecule has 5 heteroatoms. The van der Waals surface area contributed by atoms with Crippen LogP contribution in [0, 0.1) is 11.3 Å². The zero-order chi connectivity index (χ0) is 15.8. The van der Waals surface area contributed by atoms with Gasteiger partial charge in [-0.2, -0.15) is 5.26 Å². The smallest absolute Gasteiger partial charge is 0.251 e. The summed E-state index contributed by atoms with van der Waals surface area (Å²) in [6.07, 6.45) is 0. The van der Waals surface area contributed by atoms with Crippen molar-refractivity contribution < 1.29 is 14.3 Å². The predicted molar refractivity (Wildman–Crippen MR) is 82.0 cm³/mol. The molecule has 0 saturated heterocycles. The molecule has 0 aromatic heterocycles. The van der Waals surface area contributed by atoms with E-state index in [9.17, 15) is 4.79 Å². The second-order valence-corrected chi connectivity index (χ2v) is 4.47. The summed E-state index contributed by atoms with van der Waals surface area (Å²) in [7, 11) is 1.61. The number of amides is 1. The van der Waals surface area contributed by atoms with Gasteiger partial charge in [-0.15, -0.1) is 0 Å². The van der Waals surface area contributed by atoms with Crippen molar-refractivity contribution in [1.82, 2.24) is 5.32 Å². The van der Waals surface area contributed by atoms with Crippen molar-refractivity contribution in [3.63, 3.8) is 0 Å². The van der Waals surface area contributed by atoms with E-state index in [1.54, 1.807) is 43.5 Å². The largest absolute Gasteiger partial charge is 0.497 e. The minimum atomic E-state index is -0.192. The van der Waals surface area contributed by atoms with Gasteiger partial charge in [-0.3, -0.25) is 4.79 Å². The quantitative estimate of drug-likeness (QED) is 0.831. The van der Waals surface area contributed by atoms with Gasteiger partial charge in [-0.05, 0) is 48.5 Å². The van der Waals surface area contributed by atoms with Gasteiger partial charge in [0.2, 0.25) is 0 Å². The van der Waals surface area contributed by atoms with E-state index in [0.29, 0.717) is 30.0 Å². The Bertz CT molecular complexity index is 658. The summed E-state index contributed by atoms with van der Waals surface area (Å²) in [5.41, 5.74) is 1.04. The standard InChI is InChI=1S/C17H16N2O3/c1-21-15-6-8-16(9-7-15)22-11-10-19-17(20)14-4-2-13(12-18)3-5-14/h2-9H,10-11H2,1H3,(H,19,20). The van der Waals surface area contributed by atoms with Crippen molar-refractivity contribution in [2.45, 2.75) is 0 Å². The van der Waals surface area contributed by atoms with Crippen LogP contribution in [0.1, 0.15) is 15.9 Å². The Labute approximate surface area is 129 Å². The first-order valence-electron chi connectivity index (χ1n) is 6.78. The molecule has 5 nitrogen and oxygen atoms in total. The van der Waals surface area contributed by atoms with E-state index in [1.165, 1.54) is 0 Å². The highest BCUT2D eigenvalue weighted by Crippen LogP contribution is 2.16. The maximum Gasteiger partial charge on any atom is 0.251 e. The monoisotopic (exact) mass is 296 g/mol. The Kier molecular flexibility index (Phi) is 5.38. The topological polar surface area (TPSA) is 71.3 Å². The average Bonchev–Trinajstić information content (AvgIpc) is 2.59. The lowest BCUT2D eigenvalue weighted by Gasteiger charge is -2.08. The van der Waals surface area contributed by atoms with Gasteiger partial charge in [0.1, 0.15) is 18.1 Å². The van der Waals surface area contributed by atoms with Crippen LogP contribution in [0.25, 0.3) is 0 Å². The van der Waals surface area contributed by atoms with Gasteiger partial charge in [-0.1, -0.05) is 0 Å². The third-order valence-corrected chi connectivity index (χ3v) is 2.99. The van der Waals surface area contributed by atoms with E-state index in [1.807, 2.05) is 18.2 Å². The summed E-state index contributed by atoms with van der Waals surface area (Å²) in [5, 5.41) is 11.5. The van der Waals surface area contributed by atoms with Gasteiger partial charge in [-0.25, -0.2) is 0 Å². The first-order valence-corrected chi connectivity index (χ1v) is 6.78. The van der Waals surface area contributed by atoms with Crippen LogP contribution in [0.15, 0.2) is 48.5 Å². The summed E-state index contributed by atoms with van der Waals surface area (Å²) >= 11 is 0. The highest BCUT2D eigenvalue weighted by atomic mass is 16.5. The first-order chi connectivity index (χ1) is 10.7. The fourth-order valence-corrected chi connectivity index (χ4v) is 1.80. The molecule has 2 rings (SSSR count). The van der Waals surface area contributed by atoms with E-state index in [0.717, 1.165) is 5.75 Å². The molecule has 2 aromatic rings. The molecular formula is C17H16N2O3. The van der Waals surface area contributed by atoms with Crippen molar-refractivity contribution >= 4 is 5.91 Å². The van der Waals surface area contributed by atoms with Gasteiger partial charge < -0.3 is 14.8 Å². The average molecular weight is 296 g/mol. The van der Waals surface area contributed by atoms with Gasteiger partial charge in [0.25, 0.3) is 5.91 Å². The van der Waals surface area contributed by atoms with Crippen LogP contribution in [0.2, 0.25) is 0 Å². The second-order valence-electron chi connectivity index (χ2n) is 4.47. The molecule has 0 spiro atoms. The lowest BCUT2D eigenvalue weighted by atomic mass is 10.1. The van der Waals surface area contributed by atoms with Crippen molar-refractivity contribution in [3.05, 3.63) is 59.7 Å². The van der Waals surface area contributed by atoms with E-state index >= 15 is 0 Å². The molecule has 0 unspecified atom stereocenters. The van der Waals surface area contributed by atoms with Crippen LogP contribution in [0.5, 0.6) is 11.5 Å². The number of nitrogens with one attached hydrogen (secondary N) is 1. The molecular weight excluding hydrogens is 280 g/mol. The molecule has 0 saturated carbocycles. The highest BCUT2D eigenvalue weighted by Gasteiger charge is 2.04. The van der Waals surface area contributed by atoms with Gasteiger partial charge in [0.05, 0.1) is 25.3 Å². The van der Waals surface area contributed by atoms with Crippen LogP contribution >= 0.6 is 0 Å². The molecule has 22 heavy (non-hydrogen) atoms. The fraction of sp³-hybridized carbons (Fsp3) is 0.176. The van der Waals surface area contributed by atoms with E-state index in [4.69, 9.17) is 14.7 Å². The van der Waals surface area contributed by atoms with Crippen molar-refractivity contribution in [2.75, 3.05) is 20.3 Å². The SMILES string of the molecule is COc1ccc(OCCNC(=O)c2ccc(C#N)cc2)cc1. The van der Waals surface area contributed by atoms with Crippen LogP contribution < -0.4 is 14.8 Å². The molecule has 0 fully saturated rings. The molecule has 1 amide bonds. The number of nitrogens with zero attached hydrogens (tertiary/aromatic N) is 1. The number of methoxy groups -OCH3 is 1. The van der Waals surface area contributed by atoms with Crippen molar-refractivity contribution in [1.29, 1.82) is 5.26 Å². The minimum absolute atomic E-state index is 0.192. The number of hydrogen-bond donors (Lipinski definition) is 1. The predicted octanol–water partition coefficient (Wildman–Crippen LogP) is 2.38. The molecule has 0 bridgehead atoms. The zero-order valence-electron chi connectivity index (χ0n) is 12.2. The normalized spacial score (nSPS) is 9.64. The highest BCUT2D eigenvalue weighted by molar-refractivity contribution is 5.94. The van der Waals surface area contributed by atoms with Gasteiger partial charge in [0, 0.05) is 5.56 Å². The van der Waals surface area contributed by atoms with Gasteiger partial charge >= 0.3 is 0 Å². The lowest BCUT2D eigenvalue weighted by molar-refractivity contribution is 0.0947. The summed E-state index contributed by atoms with van der Waals surface area (Å²) in [6.45, 7) is 0.763. The van der Waals surface area contributed by atoms with E-state index in [-0.39, 0.29) is 5.91 Å². The number of hydrogen-bond acceptors (Lipinski definition) is 4. The number of ether oxygens (including phenoxy) is 2. The van der Waals surface area contributed by atoms with E-state index in [2.05, 4.69) is 5.32 Å². The fourth-order valence-electron chi connectivity index (χ4n) is 1.80. The molecule has 0 aliphatic carbocycles. The lowest BCUT2D eigenvalue weighted by Crippen LogP contribution is -2.28. The maximum atomic E-state index is 11.9. The summed E-state index contributed by atoms with van der Waals surface area (Å²) in [4.78, 5) is 11.9. The molecule has 1 N–H and O–H groups in total. The molecule has 0 heterocycles. The number of carbonyl (C=O) groups excluding carboxylic acids is 1. The van der Waals surface area contributed by atoms with Gasteiger partial charge in [0.15, 0.2) is 0 Å². The summed E-state index contributed by atoms with van der Waals surface area (Å²) in [6, 6.07) is 15.7. The Balaban J connectivity index is 1.75. The summed E-state index contributed by atoms with van der Waals surface area (Å²) in [5.74, 6) is 1.29. The molecule has 0 aliphatic rings. The second kappa shape index (κ2) is 7.70. The molecule has 0 aliphatic heterocycles. The molecule has 2 aromatic carbocycles. The third-order valence-electron chi connectivity index (χ3n) is 2.99. The Hall–Kier alpha value is -3.00. The van der Waals surface area contributed by atoms with Crippen LogP contribution in [0.3, 0.4) is 0 Å². The van der Waals surface area contributed by atoms with Crippen LogP contribution in [-0.4, -0.2) is 26.2 Å². The molecule has 0 atom stereocenters. The molecule has 0 radical (unpaired) electrons. The summed E-state index contributed by atoms with van der Waals surface area (Å²) < 4.78 is 10.6. The molecule has 112 valence electrons. The Morgan fingerprint density at radius 3 is 2.32 bits per heavy atom. The minimum Gasteiger partial charge on any atom is -0.497 e. The zero-order valence-corrected chi connectivity index (χ0v) is 12.2. The van der Waals surface area contributed by atoms with Crippen molar-refractivity contribution in [2.24, 2.45) is 0 Å². The first kappa shape index (κ1) is 15.4. The maximum absolute atomic E-state index is 11.9. The van der Waals surface area contributed by atoms with Crippen molar-refractivity contribution in [3.8, 4) is 17.6 Å². The Morgan fingerprint density at radius 2 is 1.73 bits per heavy atom. The van der Waals surface area contributed by atoms with Crippen LogP contribution in [-0.2, 0) is 0 Å². The number of nitriles is 1.